The van der Waals surface area contributed by atoms with Gasteiger partial charge in [0, 0.05) is 18.4 Å². The minimum absolute atomic E-state index is 0.0958. The Morgan fingerprint density at radius 2 is 1.75 bits per heavy atom. The van der Waals surface area contributed by atoms with Crippen LogP contribution in [0.5, 0.6) is 5.75 Å². The fraction of sp³-hybridized carbons (Fsp3) is 0.333. The molecule has 1 heterocycles. The number of amides is 1. The molecular weight excluding hydrogens is 400 g/mol. The highest BCUT2D eigenvalue weighted by Crippen LogP contribution is 2.24. The highest BCUT2D eigenvalue weighted by molar-refractivity contribution is 5.79. The van der Waals surface area contributed by atoms with Crippen LogP contribution in [0.25, 0.3) is 11.1 Å². The predicted octanol–water partition coefficient (Wildman–Crippen LogP) is 4.33. The number of hydrogen-bond donors (Lipinski definition) is 2. The molecule has 1 fully saturated rings. The maximum atomic E-state index is 12.0. The fourth-order valence-corrected chi connectivity index (χ4v) is 3.62. The van der Waals surface area contributed by atoms with Crippen LogP contribution >= 0.6 is 0 Å². The van der Waals surface area contributed by atoms with Gasteiger partial charge in [-0.1, -0.05) is 42.5 Å². The number of ether oxygens (including phenoxy) is 1. The van der Waals surface area contributed by atoms with Crippen molar-refractivity contribution in [2.24, 2.45) is 0 Å². The van der Waals surface area contributed by atoms with Crippen LogP contribution in [0.4, 0.5) is 0 Å². The predicted molar refractivity (Wildman–Crippen MR) is 125 cm³/mol. The van der Waals surface area contributed by atoms with Crippen molar-refractivity contribution in [3.63, 3.8) is 0 Å². The number of nitrogens with zero attached hydrogens (tertiary/aromatic N) is 1. The summed E-state index contributed by atoms with van der Waals surface area (Å²) in [7, 11) is 0. The van der Waals surface area contributed by atoms with Gasteiger partial charge >= 0.3 is 0 Å². The average Bonchev–Trinajstić information content (AvgIpc) is 3.63. The molecule has 1 saturated carbocycles. The molecule has 32 heavy (non-hydrogen) atoms. The molecular formula is C27H30N2O3. The number of nitrogens with one attached hydrogen (secondary N) is 1. The summed E-state index contributed by atoms with van der Waals surface area (Å²) in [5, 5.41) is 13.5. The van der Waals surface area contributed by atoms with Gasteiger partial charge in [-0.15, -0.1) is 0 Å². The van der Waals surface area contributed by atoms with Crippen molar-refractivity contribution < 1.29 is 14.6 Å². The lowest BCUT2D eigenvalue weighted by Gasteiger charge is -2.20. The van der Waals surface area contributed by atoms with E-state index in [1.807, 2.05) is 73.8 Å². The van der Waals surface area contributed by atoms with Crippen LogP contribution in [0.1, 0.15) is 37.3 Å². The van der Waals surface area contributed by atoms with Crippen LogP contribution < -0.4 is 10.1 Å². The lowest BCUT2D eigenvalue weighted by molar-refractivity contribution is -0.120. The third-order valence-electron chi connectivity index (χ3n) is 5.76. The van der Waals surface area contributed by atoms with Gasteiger partial charge in [0.05, 0.1) is 12.5 Å². The van der Waals surface area contributed by atoms with Gasteiger partial charge in [0.2, 0.25) is 5.91 Å². The molecule has 1 amide bonds. The zero-order valence-corrected chi connectivity index (χ0v) is 18.4. The van der Waals surface area contributed by atoms with Gasteiger partial charge in [-0.2, -0.15) is 0 Å². The lowest BCUT2D eigenvalue weighted by Crippen LogP contribution is -2.29. The molecule has 3 aromatic rings. The van der Waals surface area contributed by atoms with Crippen LogP contribution in [0.3, 0.4) is 0 Å². The van der Waals surface area contributed by atoms with Crippen molar-refractivity contribution in [3.05, 3.63) is 84.2 Å². The van der Waals surface area contributed by atoms with E-state index < -0.39 is 6.10 Å². The van der Waals surface area contributed by atoms with Crippen molar-refractivity contribution in [2.45, 2.75) is 57.3 Å². The third-order valence-corrected chi connectivity index (χ3v) is 5.76. The second-order valence-electron chi connectivity index (χ2n) is 8.53. The highest BCUT2D eigenvalue weighted by Gasteiger charge is 2.23. The number of carbonyl (C=O) groups is 1. The van der Waals surface area contributed by atoms with Gasteiger partial charge in [0.1, 0.15) is 11.9 Å². The molecule has 0 saturated heterocycles. The summed E-state index contributed by atoms with van der Waals surface area (Å²) in [5.41, 5.74) is 4.29. The lowest BCUT2D eigenvalue weighted by atomic mass is 10.0. The van der Waals surface area contributed by atoms with Gasteiger partial charge in [-0.05, 0) is 73.1 Å². The summed E-state index contributed by atoms with van der Waals surface area (Å²) in [6.07, 6.45) is 6.73. The molecule has 0 unspecified atom stereocenters. The minimum atomic E-state index is -0.556. The summed E-state index contributed by atoms with van der Waals surface area (Å²) in [6.45, 7) is 1.89. The van der Waals surface area contributed by atoms with E-state index in [9.17, 15) is 9.90 Å². The summed E-state index contributed by atoms with van der Waals surface area (Å²) >= 11 is 0. The van der Waals surface area contributed by atoms with Gasteiger partial charge < -0.3 is 15.2 Å². The standard InChI is InChI=1S/C27H30N2O3/c1-19(26(30)15-6-21-3-2-16-28-18-21)32-25-13-9-23(10-14-25)22-7-4-20(5-8-22)17-27(31)29-24-11-12-24/h2-5,7-10,13-14,16,18-19,24,26,30H,6,11-12,15,17H2,1H3,(H,29,31)/t19-,26+/m0/s1. The number of hydrogen-bond acceptors (Lipinski definition) is 4. The topological polar surface area (TPSA) is 71.5 Å². The number of aliphatic hydroxyl groups is 1. The van der Waals surface area contributed by atoms with Crippen molar-refractivity contribution in [2.75, 3.05) is 0 Å². The van der Waals surface area contributed by atoms with E-state index in [2.05, 4.69) is 10.3 Å². The molecule has 1 aliphatic rings. The second kappa shape index (κ2) is 10.4. The Hall–Kier alpha value is -3.18. The smallest absolute Gasteiger partial charge is 0.224 e. The Balaban J connectivity index is 1.27. The van der Waals surface area contributed by atoms with Crippen molar-refractivity contribution in [1.82, 2.24) is 10.3 Å². The number of aryl methyl sites for hydroxylation is 1. The molecule has 5 nitrogen and oxygen atoms in total. The van der Waals surface area contributed by atoms with E-state index in [1.165, 1.54) is 0 Å². The summed E-state index contributed by atoms with van der Waals surface area (Å²) in [4.78, 5) is 16.1. The number of aromatic nitrogens is 1. The largest absolute Gasteiger partial charge is 0.488 e. The first-order valence-corrected chi connectivity index (χ1v) is 11.3. The minimum Gasteiger partial charge on any atom is -0.488 e. The molecule has 4 rings (SSSR count). The summed E-state index contributed by atoms with van der Waals surface area (Å²) in [5.74, 6) is 0.827. The maximum absolute atomic E-state index is 12.0. The molecule has 1 aliphatic carbocycles. The number of rotatable bonds is 10. The molecule has 166 valence electrons. The van der Waals surface area contributed by atoms with Crippen LogP contribution in [0.2, 0.25) is 0 Å². The monoisotopic (exact) mass is 430 g/mol. The molecule has 0 radical (unpaired) electrons. The molecule has 2 N–H and O–H groups in total. The summed E-state index contributed by atoms with van der Waals surface area (Å²) < 4.78 is 5.94. The molecule has 0 aliphatic heterocycles. The fourth-order valence-electron chi connectivity index (χ4n) is 3.62. The Labute approximate surface area is 189 Å². The number of pyridine rings is 1. The Morgan fingerprint density at radius 3 is 2.38 bits per heavy atom. The van der Waals surface area contributed by atoms with E-state index in [0.29, 0.717) is 18.9 Å². The van der Waals surface area contributed by atoms with Crippen LogP contribution in [-0.2, 0) is 17.6 Å². The second-order valence-corrected chi connectivity index (χ2v) is 8.53. The van der Waals surface area contributed by atoms with E-state index in [-0.39, 0.29) is 12.0 Å². The highest BCUT2D eigenvalue weighted by atomic mass is 16.5. The Kier molecular flexibility index (Phi) is 7.17. The van der Waals surface area contributed by atoms with Gasteiger partial charge in [-0.3, -0.25) is 9.78 Å². The van der Waals surface area contributed by atoms with Crippen LogP contribution in [0.15, 0.2) is 73.1 Å². The van der Waals surface area contributed by atoms with Crippen molar-refractivity contribution >= 4 is 5.91 Å². The van der Waals surface area contributed by atoms with E-state index in [1.54, 1.807) is 6.20 Å². The molecule has 5 heteroatoms. The number of aliphatic hydroxyl groups excluding tert-OH is 1. The Bertz CT molecular complexity index is 999. The first kappa shape index (κ1) is 22.0. The van der Waals surface area contributed by atoms with Crippen LogP contribution in [0, 0.1) is 0 Å². The maximum Gasteiger partial charge on any atom is 0.224 e. The van der Waals surface area contributed by atoms with Gasteiger partial charge in [-0.25, -0.2) is 0 Å². The molecule has 2 aromatic carbocycles. The van der Waals surface area contributed by atoms with Gasteiger partial charge in [0.25, 0.3) is 0 Å². The number of benzene rings is 2. The average molecular weight is 431 g/mol. The first-order valence-electron chi connectivity index (χ1n) is 11.3. The Morgan fingerprint density at radius 1 is 1.06 bits per heavy atom. The first-order chi connectivity index (χ1) is 15.6. The van der Waals surface area contributed by atoms with E-state index >= 15 is 0 Å². The quantitative estimate of drug-likeness (QED) is 0.502. The molecule has 1 aromatic heterocycles. The van der Waals surface area contributed by atoms with Gasteiger partial charge in [0.15, 0.2) is 0 Å². The SMILES string of the molecule is C[C@H](Oc1ccc(-c2ccc(CC(=O)NC3CC3)cc2)cc1)[C@H](O)CCc1cccnc1. The zero-order chi connectivity index (χ0) is 22.3. The van der Waals surface area contributed by atoms with Crippen LogP contribution in [-0.4, -0.2) is 34.2 Å². The number of carbonyl (C=O) groups excluding carboxylic acids is 1. The van der Waals surface area contributed by atoms with E-state index in [0.717, 1.165) is 47.3 Å². The summed E-state index contributed by atoms with van der Waals surface area (Å²) in [6, 6.07) is 20.3. The molecule has 0 bridgehead atoms. The van der Waals surface area contributed by atoms with Crippen molar-refractivity contribution in [1.29, 1.82) is 0 Å². The third kappa shape index (κ3) is 6.41. The van der Waals surface area contributed by atoms with Crippen molar-refractivity contribution in [3.8, 4) is 16.9 Å². The normalized spacial score (nSPS) is 15.1. The van der Waals surface area contributed by atoms with E-state index in [4.69, 9.17) is 4.74 Å². The molecule has 2 atom stereocenters. The molecule has 0 spiro atoms. The zero-order valence-electron chi connectivity index (χ0n) is 18.4.